The van der Waals surface area contributed by atoms with E-state index in [-0.39, 0.29) is 0 Å². The number of aromatic nitrogens is 4. The van der Waals surface area contributed by atoms with Gasteiger partial charge in [0, 0.05) is 39.0 Å². The first-order valence-electron chi connectivity index (χ1n) is 17.7. The molecular formula is C48H28N4O. The van der Waals surface area contributed by atoms with Gasteiger partial charge >= 0.3 is 0 Å². The summed E-state index contributed by atoms with van der Waals surface area (Å²) in [5, 5.41) is 3.42. The van der Waals surface area contributed by atoms with Crippen molar-refractivity contribution in [2.45, 2.75) is 0 Å². The molecule has 0 fully saturated rings. The predicted octanol–water partition coefficient (Wildman–Crippen LogP) is 12.3. The molecule has 5 heteroatoms. The van der Waals surface area contributed by atoms with Gasteiger partial charge in [-0.25, -0.2) is 15.0 Å². The Bertz CT molecular complexity index is 3070. The molecule has 1 aliphatic carbocycles. The van der Waals surface area contributed by atoms with Crippen LogP contribution >= 0.6 is 0 Å². The number of benzene rings is 7. The number of para-hydroxylation sites is 1. The largest absolute Gasteiger partial charge is 0.456 e. The summed E-state index contributed by atoms with van der Waals surface area (Å²) in [6, 6.07) is 56.7. The molecule has 10 aromatic rings. The Morgan fingerprint density at radius 3 is 1.79 bits per heavy atom. The number of furan rings is 1. The maximum absolute atomic E-state index is 6.21. The fraction of sp³-hybridized carbons (Fsp3) is 0. The third-order valence-corrected chi connectivity index (χ3v) is 10.3. The summed E-state index contributed by atoms with van der Waals surface area (Å²) in [6.45, 7) is 0. The summed E-state index contributed by atoms with van der Waals surface area (Å²) >= 11 is 0. The van der Waals surface area contributed by atoms with E-state index in [1.807, 2.05) is 60.8 Å². The minimum atomic E-state index is 0.613. The Balaban J connectivity index is 1.03. The molecule has 0 bridgehead atoms. The molecule has 3 aromatic heterocycles. The van der Waals surface area contributed by atoms with Crippen molar-refractivity contribution in [2.75, 3.05) is 0 Å². The summed E-state index contributed by atoms with van der Waals surface area (Å²) < 4.78 is 6.21. The summed E-state index contributed by atoms with van der Waals surface area (Å²) in [7, 11) is 0. The van der Waals surface area contributed by atoms with E-state index < -0.39 is 0 Å². The van der Waals surface area contributed by atoms with Crippen LogP contribution in [0.1, 0.15) is 0 Å². The van der Waals surface area contributed by atoms with Gasteiger partial charge in [-0.2, -0.15) is 0 Å². The van der Waals surface area contributed by atoms with Crippen LogP contribution in [0.5, 0.6) is 0 Å². The summed E-state index contributed by atoms with van der Waals surface area (Å²) in [5.74, 6) is 1.86. The van der Waals surface area contributed by atoms with Crippen LogP contribution in [-0.4, -0.2) is 19.9 Å². The van der Waals surface area contributed by atoms with Crippen LogP contribution in [0.4, 0.5) is 0 Å². The van der Waals surface area contributed by atoms with Gasteiger partial charge < -0.3 is 4.42 Å². The molecular weight excluding hydrogens is 649 g/mol. The predicted molar refractivity (Wildman–Crippen MR) is 214 cm³/mol. The zero-order valence-electron chi connectivity index (χ0n) is 28.4. The third-order valence-electron chi connectivity index (χ3n) is 10.3. The van der Waals surface area contributed by atoms with Gasteiger partial charge in [0.1, 0.15) is 11.2 Å². The summed E-state index contributed by atoms with van der Waals surface area (Å²) in [4.78, 5) is 19.9. The standard InChI is InChI=1S/C48H28N4O/c1-2-10-29(11-3-1)46-50-47(33-14-6-12-30(26-33)31-22-23-36-38-24-25-49-41-19-8-18-37(44(38)41)40(36)28-31)52-48(51-46)34-15-7-13-32(27-34)35-17-9-21-43-45(35)39-16-4-5-20-42(39)53-43/h1-28H. The van der Waals surface area contributed by atoms with Gasteiger partial charge in [0.25, 0.3) is 0 Å². The van der Waals surface area contributed by atoms with Gasteiger partial charge in [-0.3, -0.25) is 4.98 Å². The average Bonchev–Trinajstić information content (AvgIpc) is 3.78. The van der Waals surface area contributed by atoms with Gasteiger partial charge in [0.05, 0.1) is 5.52 Å². The van der Waals surface area contributed by atoms with E-state index in [0.29, 0.717) is 17.5 Å². The van der Waals surface area contributed by atoms with Gasteiger partial charge in [0.15, 0.2) is 17.5 Å². The molecule has 1 aliphatic rings. The van der Waals surface area contributed by atoms with E-state index in [1.54, 1.807) is 0 Å². The van der Waals surface area contributed by atoms with E-state index in [9.17, 15) is 0 Å². The smallest absolute Gasteiger partial charge is 0.164 e. The van der Waals surface area contributed by atoms with E-state index in [4.69, 9.17) is 19.4 Å². The Labute approximate surface area is 304 Å². The molecule has 0 atom stereocenters. The molecule has 53 heavy (non-hydrogen) atoms. The maximum Gasteiger partial charge on any atom is 0.164 e. The lowest BCUT2D eigenvalue weighted by molar-refractivity contribution is 0.669. The quantitative estimate of drug-likeness (QED) is 0.181. The minimum Gasteiger partial charge on any atom is -0.456 e. The lowest BCUT2D eigenvalue weighted by Crippen LogP contribution is -2.00. The molecule has 7 aromatic carbocycles. The first kappa shape index (κ1) is 29.5. The molecule has 5 nitrogen and oxygen atoms in total. The fourth-order valence-electron chi connectivity index (χ4n) is 7.87. The van der Waals surface area contributed by atoms with Crippen molar-refractivity contribution in [2.24, 2.45) is 0 Å². The molecule has 0 spiro atoms. The van der Waals surface area contributed by atoms with Gasteiger partial charge in [-0.05, 0) is 87.0 Å². The Morgan fingerprint density at radius 2 is 0.943 bits per heavy atom. The zero-order valence-corrected chi connectivity index (χ0v) is 28.4. The second kappa shape index (κ2) is 11.7. The van der Waals surface area contributed by atoms with Gasteiger partial charge in [0.2, 0.25) is 0 Å². The van der Waals surface area contributed by atoms with Crippen molar-refractivity contribution in [3.63, 3.8) is 0 Å². The SMILES string of the molecule is c1ccc(-c2nc(-c3cccc(-c4ccc5c(c4)-c4cccc6nccc-5c46)c3)nc(-c3cccc(-c4cccc5oc6ccccc6c45)c3)n2)cc1. The van der Waals surface area contributed by atoms with E-state index in [0.717, 1.165) is 66.4 Å². The number of hydrogen-bond donors (Lipinski definition) is 0. The average molecular weight is 677 g/mol. The highest BCUT2D eigenvalue weighted by atomic mass is 16.3. The molecule has 246 valence electrons. The lowest BCUT2D eigenvalue weighted by atomic mass is 9.96. The number of hydrogen-bond acceptors (Lipinski definition) is 5. The van der Waals surface area contributed by atoms with Crippen molar-refractivity contribution in [1.82, 2.24) is 19.9 Å². The second-order valence-corrected chi connectivity index (χ2v) is 13.4. The number of pyridine rings is 1. The van der Waals surface area contributed by atoms with Crippen LogP contribution in [0.15, 0.2) is 174 Å². The minimum absolute atomic E-state index is 0.613. The normalized spacial score (nSPS) is 11.8. The Kier molecular flexibility index (Phi) is 6.48. The maximum atomic E-state index is 6.21. The molecule has 3 heterocycles. The molecule has 0 unspecified atom stereocenters. The number of fused-ring (bicyclic) bond motifs is 6. The molecule has 0 radical (unpaired) electrons. The first-order valence-corrected chi connectivity index (χ1v) is 17.7. The van der Waals surface area contributed by atoms with E-state index in [2.05, 4.69) is 114 Å². The van der Waals surface area contributed by atoms with Crippen molar-refractivity contribution in [3.8, 4) is 78.7 Å². The highest BCUT2D eigenvalue weighted by molar-refractivity contribution is 6.15. The topological polar surface area (TPSA) is 64.7 Å². The third kappa shape index (κ3) is 4.79. The van der Waals surface area contributed by atoms with Crippen LogP contribution in [-0.2, 0) is 0 Å². The van der Waals surface area contributed by atoms with Gasteiger partial charge in [-0.15, -0.1) is 0 Å². The molecule has 0 saturated heterocycles. The van der Waals surface area contributed by atoms with Crippen LogP contribution in [0.2, 0.25) is 0 Å². The number of rotatable bonds is 5. The summed E-state index contributed by atoms with van der Waals surface area (Å²) in [5.41, 5.74) is 14.9. The lowest BCUT2D eigenvalue weighted by Gasteiger charge is -2.11. The Morgan fingerprint density at radius 1 is 0.340 bits per heavy atom. The van der Waals surface area contributed by atoms with Crippen LogP contribution < -0.4 is 0 Å². The highest BCUT2D eigenvalue weighted by Crippen LogP contribution is 2.48. The zero-order chi connectivity index (χ0) is 34.9. The summed E-state index contributed by atoms with van der Waals surface area (Å²) in [6.07, 6.45) is 1.90. The second-order valence-electron chi connectivity index (χ2n) is 13.4. The molecule has 0 saturated carbocycles. The molecule has 0 amide bonds. The highest BCUT2D eigenvalue weighted by Gasteiger charge is 2.22. The van der Waals surface area contributed by atoms with Gasteiger partial charge in [-0.1, -0.05) is 121 Å². The molecule has 11 rings (SSSR count). The van der Waals surface area contributed by atoms with Crippen molar-refractivity contribution < 1.29 is 4.42 Å². The van der Waals surface area contributed by atoms with E-state index in [1.165, 1.54) is 27.6 Å². The van der Waals surface area contributed by atoms with Crippen LogP contribution in [0.25, 0.3) is 112 Å². The van der Waals surface area contributed by atoms with Crippen LogP contribution in [0, 0.1) is 0 Å². The van der Waals surface area contributed by atoms with Crippen molar-refractivity contribution in [1.29, 1.82) is 0 Å². The molecule has 0 aliphatic heterocycles. The monoisotopic (exact) mass is 676 g/mol. The Hall–Kier alpha value is -7.24. The first-order chi connectivity index (χ1) is 26.2. The van der Waals surface area contributed by atoms with Crippen molar-refractivity contribution in [3.05, 3.63) is 170 Å². The fourth-order valence-corrected chi connectivity index (χ4v) is 7.87. The van der Waals surface area contributed by atoms with E-state index >= 15 is 0 Å². The molecule has 0 N–H and O–H groups in total. The van der Waals surface area contributed by atoms with Crippen LogP contribution in [0.3, 0.4) is 0 Å². The van der Waals surface area contributed by atoms with Crippen molar-refractivity contribution >= 4 is 32.8 Å². The number of nitrogens with zero attached hydrogens (tertiary/aromatic N) is 4.